The fourth-order valence-electron chi connectivity index (χ4n) is 3.90. The maximum absolute atomic E-state index is 12.1. The Morgan fingerprint density at radius 3 is 2.88 bits per heavy atom. The predicted molar refractivity (Wildman–Crippen MR) is 102 cm³/mol. The first-order chi connectivity index (χ1) is 12.4. The summed E-state index contributed by atoms with van der Waals surface area (Å²) in [6.45, 7) is 3.75. The van der Waals surface area contributed by atoms with Gasteiger partial charge in [-0.25, -0.2) is 4.98 Å². The van der Waals surface area contributed by atoms with E-state index in [1.165, 1.54) is 11.8 Å². The van der Waals surface area contributed by atoms with Gasteiger partial charge < -0.3 is 25.8 Å². The van der Waals surface area contributed by atoms with Crippen LogP contribution in [-0.2, 0) is 9.53 Å². The first kappa shape index (κ1) is 19.2. The van der Waals surface area contributed by atoms with E-state index in [9.17, 15) is 9.90 Å². The van der Waals surface area contributed by atoms with E-state index in [1.54, 1.807) is 12.3 Å². The summed E-state index contributed by atoms with van der Waals surface area (Å²) in [5.74, 6) is 1.37. The van der Waals surface area contributed by atoms with E-state index in [1.807, 2.05) is 13.2 Å². The Balaban J connectivity index is 1.69. The van der Waals surface area contributed by atoms with Gasteiger partial charge in [0.2, 0.25) is 11.9 Å². The number of ether oxygens (including phenoxy) is 1. The van der Waals surface area contributed by atoms with Crippen LogP contribution in [0.5, 0.6) is 0 Å². The molecule has 0 bridgehead atoms. The molecule has 0 aliphatic carbocycles. The fraction of sp³-hybridized carbons (Fsp3) is 0.706. The summed E-state index contributed by atoms with van der Waals surface area (Å²) in [6, 6.07) is 1.66. The van der Waals surface area contributed by atoms with Crippen LogP contribution in [-0.4, -0.2) is 69.9 Å². The Bertz CT molecular complexity index is 653. The van der Waals surface area contributed by atoms with Crippen LogP contribution >= 0.6 is 11.8 Å². The number of piperidine rings is 1. The lowest BCUT2D eigenvalue weighted by Gasteiger charge is -2.53. The molecule has 3 heterocycles. The zero-order chi connectivity index (χ0) is 18.8. The molecule has 0 unspecified atom stereocenters. The summed E-state index contributed by atoms with van der Waals surface area (Å²) in [7, 11) is 0. The Kier molecular flexibility index (Phi) is 5.59. The van der Waals surface area contributed by atoms with Crippen LogP contribution < -0.4 is 16.0 Å². The molecule has 9 heteroatoms. The molecular weight excluding hydrogens is 354 g/mol. The highest BCUT2D eigenvalue weighted by Crippen LogP contribution is 2.40. The summed E-state index contributed by atoms with van der Waals surface area (Å²) in [5, 5.41) is 14.1. The zero-order valence-electron chi connectivity index (χ0n) is 15.3. The Hall–Kier alpha value is -1.58. The number of hydrogen-bond acceptors (Lipinski definition) is 8. The minimum absolute atomic E-state index is 0.0540. The third kappa shape index (κ3) is 3.74. The van der Waals surface area contributed by atoms with Crippen molar-refractivity contribution < 1.29 is 14.6 Å². The van der Waals surface area contributed by atoms with Crippen molar-refractivity contribution in [1.29, 1.82) is 0 Å². The molecule has 0 saturated carbocycles. The Labute approximate surface area is 157 Å². The lowest BCUT2D eigenvalue weighted by Crippen LogP contribution is -2.69. The largest absolute Gasteiger partial charge is 0.388 e. The van der Waals surface area contributed by atoms with E-state index in [0.717, 1.165) is 0 Å². The van der Waals surface area contributed by atoms with Crippen molar-refractivity contribution in [2.75, 3.05) is 42.3 Å². The van der Waals surface area contributed by atoms with Crippen LogP contribution in [0.25, 0.3) is 0 Å². The van der Waals surface area contributed by atoms with E-state index in [0.29, 0.717) is 56.5 Å². The average molecular weight is 382 g/mol. The average Bonchev–Trinajstić information content (AvgIpc) is 2.61. The molecule has 2 saturated heterocycles. The summed E-state index contributed by atoms with van der Waals surface area (Å²) in [4.78, 5) is 22.7. The van der Waals surface area contributed by atoms with Gasteiger partial charge in [-0.1, -0.05) is 0 Å². The number of nitrogens with one attached hydrogen (secondary N) is 1. The number of anilines is 2. The van der Waals surface area contributed by atoms with E-state index >= 15 is 0 Å². The van der Waals surface area contributed by atoms with Crippen LogP contribution in [0.3, 0.4) is 0 Å². The van der Waals surface area contributed by atoms with Gasteiger partial charge in [0.15, 0.2) is 0 Å². The topological polar surface area (TPSA) is 114 Å². The van der Waals surface area contributed by atoms with Crippen LogP contribution in [0.2, 0.25) is 0 Å². The molecule has 1 spiro atoms. The fourth-order valence-corrected chi connectivity index (χ4v) is 4.23. The third-order valence-corrected chi connectivity index (χ3v) is 5.92. The molecule has 3 rings (SSSR count). The summed E-state index contributed by atoms with van der Waals surface area (Å²) < 4.78 is 6.06. The molecule has 1 aromatic heterocycles. The number of nitrogens with zero attached hydrogens (tertiary/aromatic N) is 3. The summed E-state index contributed by atoms with van der Waals surface area (Å²) >= 11 is 1.47. The molecule has 144 valence electrons. The number of carbonyl (C=O) groups is 1. The Morgan fingerprint density at radius 1 is 1.50 bits per heavy atom. The van der Waals surface area contributed by atoms with Gasteiger partial charge >= 0.3 is 0 Å². The lowest BCUT2D eigenvalue weighted by atomic mass is 9.73. The number of amides is 1. The third-order valence-electron chi connectivity index (χ3n) is 5.37. The van der Waals surface area contributed by atoms with E-state index < -0.39 is 17.2 Å². The van der Waals surface area contributed by atoms with Crippen LogP contribution in [0.15, 0.2) is 12.3 Å². The SMILES string of the molecule is CSCC(=O)N[C@]1(C)CCOC2(CCN(c3nccc(N)n3)CC2)[C@H]1O. The number of hydrogen-bond donors (Lipinski definition) is 3. The van der Waals surface area contributed by atoms with Crippen molar-refractivity contribution in [1.82, 2.24) is 15.3 Å². The van der Waals surface area contributed by atoms with Crippen LogP contribution in [0.4, 0.5) is 11.8 Å². The maximum Gasteiger partial charge on any atom is 0.230 e. The molecule has 26 heavy (non-hydrogen) atoms. The normalized spacial score (nSPS) is 28.1. The van der Waals surface area contributed by atoms with Crippen molar-refractivity contribution in [3.05, 3.63) is 12.3 Å². The monoisotopic (exact) mass is 381 g/mol. The number of nitrogens with two attached hydrogens (primary N) is 1. The first-order valence-electron chi connectivity index (χ1n) is 8.84. The predicted octanol–water partition coefficient (Wildman–Crippen LogP) is 0.417. The van der Waals surface area contributed by atoms with Crippen molar-refractivity contribution in [3.63, 3.8) is 0 Å². The second kappa shape index (κ2) is 7.58. The number of nitrogen functional groups attached to an aromatic ring is 1. The van der Waals surface area contributed by atoms with Gasteiger partial charge in [0.25, 0.3) is 0 Å². The van der Waals surface area contributed by atoms with E-state index in [-0.39, 0.29) is 5.91 Å². The number of carbonyl (C=O) groups excluding carboxylic acids is 1. The van der Waals surface area contributed by atoms with Gasteiger partial charge in [-0.2, -0.15) is 16.7 Å². The van der Waals surface area contributed by atoms with E-state index in [2.05, 4.69) is 20.2 Å². The minimum Gasteiger partial charge on any atom is -0.388 e. The highest BCUT2D eigenvalue weighted by molar-refractivity contribution is 7.99. The number of thioether (sulfide) groups is 1. The second-order valence-electron chi connectivity index (χ2n) is 7.23. The van der Waals surface area contributed by atoms with Crippen LogP contribution in [0, 0.1) is 0 Å². The molecule has 0 radical (unpaired) electrons. The molecule has 1 amide bonds. The quantitative estimate of drug-likeness (QED) is 0.688. The molecule has 4 N–H and O–H groups in total. The van der Waals surface area contributed by atoms with Crippen molar-refractivity contribution in [2.45, 2.75) is 43.4 Å². The first-order valence-corrected chi connectivity index (χ1v) is 10.2. The van der Waals surface area contributed by atoms with Crippen LogP contribution in [0.1, 0.15) is 26.2 Å². The molecule has 1 aromatic rings. The molecule has 8 nitrogen and oxygen atoms in total. The molecular formula is C17H27N5O3S. The Morgan fingerprint density at radius 2 is 2.23 bits per heavy atom. The van der Waals surface area contributed by atoms with Gasteiger partial charge in [-0.05, 0) is 38.5 Å². The van der Waals surface area contributed by atoms with Gasteiger partial charge in [-0.3, -0.25) is 4.79 Å². The van der Waals surface area contributed by atoms with Gasteiger partial charge in [-0.15, -0.1) is 0 Å². The van der Waals surface area contributed by atoms with Crippen molar-refractivity contribution in [3.8, 4) is 0 Å². The van der Waals surface area contributed by atoms with E-state index in [4.69, 9.17) is 10.5 Å². The smallest absolute Gasteiger partial charge is 0.230 e. The molecule has 2 aliphatic heterocycles. The zero-order valence-corrected chi connectivity index (χ0v) is 16.1. The second-order valence-corrected chi connectivity index (χ2v) is 8.10. The highest BCUT2D eigenvalue weighted by atomic mass is 32.2. The number of aliphatic hydroxyl groups excluding tert-OH is 1. The molecule has 2 aliphatic rings. The molecule has 2 fully saturated rings. The minimum atomic E-state index is -0.765. The van der Waals surface area contributed by atoms with Gasteiger partial charge in [0, 0.05) is 25.9 Å². The lowest BCUT2D eigenvalue weighted by molar-refractivity contribution is -0.198. The highest BCUT2D eigenvalue weighted by Gasteiger charge is 2.53. The summed E-state index contributed by atoms with van der Waals surface area (Å²) in [5.41, 5.74) is 4.41. The summed E-state index contributed by atoms with van der Waals surface area (Å²) in [6.07, 6.45) is 4.64. The maximum atomic E-state index is 12.1. The number of aromatic nitrogens is 2. The standard InChI is InChI=1S/C17H27N5O3S/c1-16(21-13(23)11-26-2)6-10-25-17(14(16)24)4-8-22(9-5-17)15-19-7-3-12(18)20-15/h3,7,14,24H,4-6,8-11H2,1-2H3,(H,21,23)(H2,18,19,20)/t14-,16+/m0/s1. The van der Waals surface area contributed by atoms with Crippen molar-refractivity contribution in [2.24, 2.45) is 0 Å². The number of aliphatic hydroxyl groups is 1. The van der Waals surface area contributed by atoms with Gasteiger partial charge in [0.1, 0.15) is 11.9 Å². The van der Waals surface area contributed by atoms with Gasteiger partial charge in [0.05, 0.1) is 16.9 Å². The molecule has 2 atom stereocenters. The number of rotatable bonds is 4. The molecule has 0 aromatic carbocycles. The van der Waals surface area contributed by atoms with Crippen molar-refractivity contribution >= 4 is 29.4 Å².